The SMILES string of the molecule is COc1ccc(/C=C2\CNC/C(=C\c3ccc(OC)cc3OC)C2=O)c(OC)c1. The Hall–Kier alpha value is -3.25. The van der Waals surface area contributed by atoms with Gasteiger partial charge in [0.1, 0.15) is 23.0 Å². The summed E-state index contributed by atoms with van der Waals surface area (Å²) in [5, 5.41) is 3.29. The maximum atomic E-state index is 13.1. The number of ketones is 1. The fourth-order valence-corrected chi connectivity index (χ4v) is 3.18. The molecule has 1 heterocycles. The molecule has 29 heavy (non-hydrogen) atoms. The number of ether oxygens (including phenoxy) is 4. The van der Waals surface area contributed by atoms with Crippen molar-refractivity contribution in [3.63, 3.8) is 0 Å². The Bertz CT molecular complexity index is 886. The Kier molecular flexibility index (Phi) is 6.57. The van der Waals surface area contributed by atoms with Gasteiger partial charge in [-0.15, -0.1) is 0 Å². The number of nitrogens with one attached hydrogen (secondary N) is 1. The smallest absolute Gasteiger partial charge is 0.187 e. The monoisotopic (exact) mass is 395 g/mol. The number of hydrogen-bond donors (Lipinski definition) is 1. The Morgan fingerprint density at radius 1 is 0.724 bits per heavy atom. The predicted octanol–water partition coefficient (Wildman–Crippen LogP) is 3.36. The quantitative estimate of drug-likeness (QED) is 0.757. The van der Waals surface area contributed by atoms with E-state index in [4.69, 9.17) is 18.9 Å². The Balaban J connectivity index is 1.93. The first kappa shape index (κ1) is 20.5. The third-order valence-electron chi connectivity index (χ3n) is 4.75. The summed E-state index contributed by atoms with van der Waals surface area (Å²) in [6.45, 7) is 0.982. The van der Waals surface area contributed by atoms with Gasteiger partial charge in [0, 0.05) is 47.5 Å². The van der Waals surface area contributed by atoms with Gasteiger partial charge in [0.05, 0.1) is 28.4 Å². The van der Waals surface area contributed by atoms with Gasteiger partial charge in [-0.2, -0.15) is 0 Å². The first-order chi connectivity index (χ1) is 14.1. The number of benzene rings is 2. The minimum atomic E-state index is -0.000470. The van der Waals surface area contributed by atoms with E-state index in [-0.39, 0.29) is 5.78 Å². The normalized spacial score (nSPS) is 16.8. The van der Waals surface area contributed by atoms with Crippen LogP contribution in [0.4, 0.5) is 0 Å². The van der Waals surface area contributed by atoms with Gasteiger partial charge in [0.2, 0.25) is 0 Å². The number of carbonyl (C=O) groups excluding carboxylic acids is 1. The maximum Gasteiger partial charge on any atom is 0.187 e. The van der Waals surface area contributed by atoms with Gasteiger partial charge in [-0.05, 0) is 36.4 Å². The summed E-state index contributed by atoms with van der Waals surface area (Å²) in [4.78, 5) is 13.1. The van der Waals surface area contributed by atoms with Crippen molar-refractivity contribution in [2.75, 3.05) is 41.5 Å². The van der Waals surface area contributed by atoms with Gasteiger partial charge in [0.25, 0.3) is 0 Å². The summed E-state index contributed by atoms with van der Waals surface area (Å²) in [6.07, 6.45) is 3.71. The molecule has 0 bridgehead atoms. The highest BCUT2D eigenvalue weighted by molar-refractivity contribution is 6.14. The van der Waals surface area contributed by atoms with E-state index in [1.54, 1.807) is 40.6 Å². The van der Waals surface area contributed by atoms with Crippen molar-refractivity contribution in [2.24, 2.45) is 0 Å². The zero-order valence-electron chi connectivity index (χ0n) is 17.1. The second kappa shape index (κ2) is 9.30. The van der Waals surface area contributed by atoms with Crippen LogP contribution in [-0.4, -0.2) is 47.3 Å². The molecule has 2 aromatic carbocycles. The number of methoxy groups -OCH3 is 4. The lowest BCUT2D eigenvalue weighted by atomic mass is 9.95. The molecule has 1 saturated heterocycles. The fourth-order valence-electron chi connectivity index (χ4n) is 3.18. The van der Waals surface area contributed by atoms with Crippen LogP contribution in [0.1, 0.15) is 11.1 Å². The lowest BCUT2D eigenvalue weighted by Gasteiger charge is -2.19. The third-order valence-corrected chi connectivity index (χ3v) is 4.75. The van der Waals surface area contributed by atoms with Gasteiger partial charge in [-0.1, -0.05) is 0 Å². The summed E-state index contributed by atoms with van der Waals surface area (Å²) in [5.41, 5.74) is 2.97. The first-order valence-electron chi connectivity index (χ1n) is 9.20. The molecule has 0 radical (unpaired) electrons. The second-order valence-corrected chi connectivity index (χ2v) is 6.49. The molecule has 1 fully saturated rings. The van der Waals surface area contributed by atoms with E-state index in [1.807, 2.05) is 36.4 Å². The van der Waals surface area contributed by atoms with Crippen molar-refractivity contribution >= 4 is 17.9 Å². The molecule has 1 aliphatic heterocycles. The molecule has 0 amide bonds. The van der Waals surface area contributed by atoms with E-state index in [2.05, 4.69) is 5.32 Å². The molecule has 3 rings (SSSR count). The van der Waals surface area contributed by atoms with Crippen molar-refractivity contribution in [2.45, 2.75) is 0 Å². The molecule has 0 atom stereocenters. The zero-order valence-corrected chi connectivity index (χ0v) is 17.1. The Morgan fingerprint density at radius 2 is 1.17 bits per heavy atom. The number of piperidine rings is 1. The molecule has 0 unspecified atom stereocenters. The van der Waals surface area contributed by atoms with Gasteiger partial charge in [0.15, 0.2) is 5.78 Å². The summed E-state index contributed by atoms with van der Waals surface area (Å²) in [6, 6.07) is 11.0. The lowest BCUT2D eigenvalue weighted by Crippen LogP contribution is -2.32. The van der Waals surface area contributed by atoms with Crippen LogP contribution in [0.5, 0.6) is 23.0 Å². The van der Waals surface area contributed by atoms with Gasteiger partial charge in [-0.3, -0.25) is 4.79 Å². The second-order valence-electron chi connectivity index (χ2n) is 6.49. The van der Waals surface area contributed by atoms with Crippen molar-refractivity contribution in [1.29, 1.82) is 0 Å². The van der Waals surface area contributed by atoms with E-state index < -0.39 is 0 Å². The van der Waals surface area contributed by atoms with Crippen LogP contribution in [-0.2, 0) is 4.79 Å². The molecule has 6 heteroatoms. The Labute approximate surface area is 170 Å². The lowest BCUT2D eigenvalue weighted by molar-refractivity contribution is -0.112. The highest BCUT2D eigenvalue weighted by atomic mass is 16.5. The van der Waals surface area contributed by atoms with Gasteiger partial charge < -0.3 is 24.3 Å². The molecule has 0 aliphatic carbocycles. The minimum Gasteiger partial charge on any atom is -0.497 e. The topological polar surface area (TPSA) is 66.0 Å². The maximum absolute atomic E-state index is 13.1. The van der Waals surface area contributed by atoms with Gasteiger partial charge >= 0.3 is 0 Å². The average Bonchev–Trinajstić information content (AvgIpc) is 2.76. The van der Waals surface area contributed by atoms with E-state index in [1.165, 1.54) is 0 Å². The molecule has 6 nitrogen and oxygen atoms in total. The summed E-state index contributed by atoms with van der Waals surface area (Å²) >= 11 is 0. The van der Waals surface area contributed by atoms with Crippen molar-refractivity contribution in [1.82, 2.24) is 5.32 Å². The average molecular weight is 395 g/mol. The van der Waals surface area contributed by atoms with Crippen molar-refractivity contribution in [3.8, 4) is 23.0 Å². The van der Waals surface area contributed by atoms with Crippen LogP contribution in [0.25, 0.3) is 12.2 Å². The fraction of sp³-hybridized carbons (Fsp3) is 0.261. The summed E-state index contributed by atoms with van der Waals surface area (Å²) in [5.74, 6) is 2.70. The van der Waals surface area contributed by atoms with E-state index in [0.29, 0.717) is 47.2 Å². The third kappa shape index (κ3) is 4.60. The van der Waals surface area contributed by atoms with E-state index >= 15 is 0 Å². The highest BCUT2D eigenvalue weighted by Gasteiger charge is 2.21. The zero-order chi connectivity index (χ0) is 20.8. The number of rotatable bonds is 6. The minimum absolute atomic E-state index is 0.000470. The summed E-state index contributed by atoms with van der Waals surface area (Å²) in [7, 11) is 6.40. The summed E-state index contributed by atoms with van der Waals surface area (Å²) < 4.78 is 21.3. The van der Waals surface area contributed by atoms with Crippen LogP contribution in [0.3, 0.4) is 0 Å². The van der Waals surface area contributed by atoms with E-state index in [9.17, 15) is 4.79 Å². The molecular weight excluding hydrogens is 370 g/mol. The van der Waals surface area contributed by atoms with Crippen LogP contribution in [0, 0.1) is 0 Å². The first-order valence-corrected chi connectivity index (χ1v) is 9.20. The molecule has 0 aromatic heterocycles. The van der Waals surface area contributed by atoms with Crippen LogP contribution in [0.2, 0.25) is 0 Å². The van der Waals surface area contributed by atoms with Crippen molar-refractivity contribution in [3.05, 3.63) is 58.7 Å². The van der Waals surface area contributed by atoms with E-state index in [0.717, 1.165) is 11.1 Å². The largest absolute Gasteiger partial charge is 0.497 e. The molecule has 0 saturated carbocycles. The van der Waals surface area contributed by atoms with Gasteiger partial charge in [-0.25, -0.2) is 0 Å². The molecule has 2 aromatic rings. The number of hydrogen-bond acceptors (Lipinski definition) is 6. The number of Topliss-reactive ketones (excluding diaryl/α,β-unsaturated/α-hetero) is 1. The molecule has 1 aliphatic rings. The molecular formula is C23H25NO5. The molecule has 152 valence electrons. The predicted molar refractivity (Wildman–Crippen MR) is 113 cm³/mol. The number of carbonyl (C=O) groups is 1. The highest BCUT2D eigenvalue weighted by Crippen LogP contribution is 2.29. The molecule has 1 N–H and O–H groups in total. The standard InChI is InChI=1S/C23H25NO5/c1-26-19-7-5-15(21(11-19)28-3)9-17-13-24-14-18(23(17)25)10-16-6-8-20(27-2)12-22(16)29-4/h5-12,24H,13-14H2,1-4H3/b17-9+,18-10+. The molecule has 0 spiro atoms. The van der Waals surface area contributed by atoms with Crippen molar-refractivity contribution < 1.29 is 23.7 Å². The van der Waals surface area contributed by atoms with Crippen LogP contribution in [0.15, 0.2) is 47.5 Å². The van der Waals surface area contributed by atoms with Crippen LogP contribution < -0.4 is 24.3 Å². The Morgan fingerprint density at radius 3 is 1.55 bits per heavy atom. The van der Waals surface area contributed by atoms with Crippen LogP contribution >= 0.6 is 0 Å².